The van der Waals surface area contributed by atoms with Gasteiger partial charge in [0.15, 0.2) is 0 Å². The smallest absolute Gasteiger partial charge is 0.144 e. The van der Waals surface area contributed by atoms with Gasteiger partial charge in [0.1, 0.15) is 5.82 Å². The van der Waals surface area contributed by atoms with E-state index < -0.39 is 0 Å². The molecule has 14 heavy (non-hydrogen) atoms. The van der Waals surface area contributed by atoms with E-state index in [1.807, 2.05) is 12.1 Å². The topological polar surface area (TPSA) is 50.9 Å². The number of hydrogen-bond acceptors (Lipinski definition) is 3. The second-order valence-electron chi connectivity index (χ2n) is 3.11. The molecule has 1 aromatic heterocycles. The maximum atomic E-state index is 5.92. The van der Waals surface area contributed by atoms with Crippen molar-refractivity contribution in [2.75, 3.05) is 18.4 Å². The minimum Gasteiger partial charge on any atom is -0.369 e. The molecule has 0 atom stereocenters. The van der Waals surface area contributed by atoms with Crippen molar-refractivity contribution in [2.24, 2.45) is 5.73 Å². The van der Waals surface area contributed by atoms with E-state index in [0.717, 1.165) is 38.2 Å². The molecular weight excluding hydrogens is 198 g/mol. The lowest BCUT2D eigenvalue weighted by Gasteiger charge is -2.05. The highest BCUT2D eigenvalue weighted by molar-refractivity contribution is 6.32. The zero-order valence-corrected chi connectivity index (χ0v) is 8.93. The van der Waals surface area contributed by atoms with Crippen molar-refractivity contribution < 1.29 is 0 Å². The Hall–Kier alpha value is -0.800. The number of pyridine rings is 1. The SMILES string of the molecule is NCCCCCNc1ncccc1Cl. The van der Waals surface area contributed by atoms with Crippen LogP contribution in [0.1, 0.15) is 19.3 Å². The molecule has 0 saturated heterocycles. The molecule has 1 rings (SSSR count). The van der Waals surface area contributed by atoms with Gasteiger partial charge in [-0.25, -0.2) is 4.98 Å². The minimum absolute atomic E-state index is 0.673. The first kappa shape index (κ1) is 11.3. The number of rotatable bonds is 6. The molecule has 1 aromatic rings. The molecule has 0 aliphatic heterocycles. The molecule has 3 N–H and O–H groups in total. The summed E-state index contributed by atoms with van der Waals surface area (Å²) in [5.41, 5.74) is 5.39. The summed E-state index contributed by atoms with van der Waals surface area (Å²) in [6.45, 7) is 1.67. The summed E-state index contributed by atoms with van der Waals surface area (Å²) in [5.74, 6) is 0.766. The Kier molecular flexibility index (Phi) is 5.33. The van der Waals surface area contributed by atoms with Crippen LogP contribution in [0.2, 0.25) is 5.02 Å². The molecule has 0 aliphatic rings. The number of aromatic nitrogens is 1. The first-order valence-electron chi connectivity index (χ1n) is 4.89. The van der Waals surface area contributed by atoms with E-state index in [4.69, 9.17) is 17.3 Å². The summed E-state index contributed by atoms with van der Waals surface area (Å²) in [6.07, 6.45) is 5.06. The highest BCUT2D eigenvalue weighted by atomic mass is 35.5. The van der Waals surface area contributed by atoms with Gasteiger partial charge in [-0.05, 0) is 31.5 Å². The molecule has 1 heterocycles. The average molecular weight is 214 g/mol. The van der Waals surface area contributed by atoms with Crippen LogP contribution in [-0.2, 0) is 0 Å². The van der Waals surface area contributed by atoms with Gasteiger partial charge in [0.05, 0.1) is 5.02 Å². The number of halogens is 1. The van der Waals surface area contributed by atoms with Crippen LogP contribution in [0.15, 0.2) is 18.3 Å². The maximum Gasteiger partial charge on any atom is 0.144 e. The predicted molar refractivity (Wildman–Crippen MR) is 60.6 cm³/mol. The van der Waals surface area contributed by atoms with Crippen molar-refractivity contribution in [2.45, 2.75) is 19.3 Å². The van der Waals surface area contributed by atoms with Crippen LogP contribution >= 0.6 is 11.6 Å². The summed E-state index contributed by atoms with van der Waals surface area (Å²) < 4.78 is 0. The molecule has 0 radical (unpaired) electrons. The summed E-state index contributed by atoms with van der Waals surface area (Å²) in [6, 6.07) is 3.65. The first-order valence-corrected chi connectivity index (χ1v) is 5.27. The van der Waals surface area contributed by atoms with Crippen molar-refractivity contribution in [3.63, 3.8) is 0 Å². The fourth-order valence-electron chi connectivity index (χ4n) is 1.17. The second-order valence-corrected chi connectivity index (χ2v) is 3.52. The minimum atomic E-state index is 0.673. The normalized spacial score (nSPS) is 10.1. The largest absolute Gasteiger partial charge is 0.369 e. The highest BCUT2D eigenvalue weighted by Gasteiger charge is 1.97. The Morgan fingerprint density at radius 1 is 1.36 bits per heavy atom. The number of unbranched alkanes of at least 4 members (excludes halogenated alkanes) is 2. The molecule has 0 saturated carbocycles. The number of hydrogen-bond donors (Lipinski definition) is 2. The van der Waals surface area contributed by atoms with Crippen molar-refractivity contribution in [3.8, 4) is 0 Å². The third kappa shape index (κ3) is 3.94. The van der Waals surface area contributed by atoms with Gasteiger partial charge in [-0.2, -0.15) is 0 Å². The third-order valence-electron chi connectivity index (χ3n) is 1.93. The van der Waals surface area contributed by atoms with Crippen molar-refractivity contribution in [1.29, 1.82) is 0 Å². The van der Waals surface area contributed by atoms with Crippen molar-refractivity contribution in [1.82, 2.24) is 4.98 Å². The summed E-state index contributed by atoms with van der Waals surface area (Å²) >= 11 is 5.92. The summed E-state index contributed by atoms with van der Waals surface area (Å²) in [5, 5.41) is 3.86. The van der Waals surface area contributed by atoms with Crippen LogP contribution < -0.4 is 11.1 Å². The van der Waals surface area contributed by atoms with E-state index >= 15 is 0 Å². The van der Waals surface area contributed by atoms with Crippen molar-refractivity contribution >= 4 is 17.4 Å². The van der Waals surface area contributed by atoms with Gasteiger partial charge in [-0.3, -0.25) is 0 Å². The molecule has 4 heteroatoms. The van der Waals surface area contributed by atoms with E-state index in [2.05, 4.69) is 10.3 Å². The van der Waals surface area contributed by atoms with E-state index in [-0.39, 0.29) is 0 Å². The molecule has 0 spiro atoms. The Morgan fingerprint density at radius 2 is 2.21 bits per heavy atom. The second kappa shape index (κ2) is 6.62. The van der Waals surface area contributed by atoms with Gasteiger partial charge in [0, 0.05) is 12.7 Å². The molecule has 0 unspecified atom stereocenters. The monoisotopic (exact) mass is 213 g/mol. The standard InChI is InChI=1S/C10H16ClN3/c11-9-5-4-8-14-10(9)13-7-3-1-2-6-12/h4-5,8H,1-3,6-7,12H2,(H,13,14). The quantitative estimate of drug-likeness (QED) is 0.713. The van der Waals surface area contributed by atoms with Gasteiger partial charge in [0.2, 0.25) is 0 Å². The van der Waals surface area contributed by atoms with E-state index in [0.29, 0.717) is 5.02 Å². The van der Waals surface area contributed by atoms with Crippen LogP contribution in [0, 0.1) is 0 Å². The highest BCUT2D eigenvalue weighted by Crippen LogP contribution is 2.17. The Balaban J connectivity index is 2.21. The van der Waals surface area contributed by atoms with E-state index in [1.54, 1.807) is 6.20 Å². The lowest BCUT2D eigenvalue weighted by atomic mass is 10.2. The lowest BCUT2D eigenvalue weighted by Crippen LogP contribution is -2.05. The van der Waals surface area contributed by atoms with Gasteiger partial charge in [-0.15, -0.1) is 0 Å². The zero-order chi connectivity index (χ0) is 10.2. The molecular formula is C10H16ClN3. The third-order valence-corrected chi connectivity index (χ3v) is 2.24. The fraction of sp³-hybridized carbons (Fsp3) is 0.500. The van der Waals surface area contributed by atoms with E-state index in [1.165, 1.54) is 0 Å². The van der Waals surface area contributed by atoms with Crippen LogP contribution in [0.3, 0.4) is 0 Å². The van der Waals surface area contributed by atoms with Gasteiger partial charge in [-0.1, -0.05) is 18.0 Å². The van der Waals surface area contributed by atoms with Crippen LogP contribution in [0.5, 0.6) is 0 Å². The number of nitrogens with zero attached hydrogens (tertiary/aromatic N) is 1. The number of anilines is 1. The average Bonchev–Trinajstić information content (AvgIpc) is 2.20. The Bertz CT molecular complexity index is 265. The van der Waals surface area contributed by atoms with Gasteiger partial charge < -0.3 is 11.1 Å². The zero-order valence-electron chi connectivity index (χ0n) is 8.17. The first-order chi connectivity index (χ1) is 6.84. The number of nitrogens with two attached hydrogens (primary N) is 1. The van der Waals surface area contributed by atoms with Crippen LogP contribution in [-0.4, -0.2) is 18.1 Å². The van der Waals surface area contributed by atoms with Gasteiger partial charge >= 0.3 is 0 Å². The number of nitrogens with one attached hydrogen (secondary N) is 1. The van der Waals surface area contributed by atoms with Gasteiger partial charge in [0.25, 0.3) is 0 Å². The maximum absolute atomic E-state index is 5.92. The molecule has 3 nitrogen and oxygen atoms in total. The predicted octanol–water partition coefficient (Wildman–Crippen LogP) is 2.28. The summed E-state index contributed by atoms with van der Waals surface area (Å²) in [4.78, 5) is 4.13. The Labute approximate surface area is 89.7 Å². The molecule has 0 aromatic carbocycles. The lowest BCUT2D eigenvalue weighted by molar-refractivity contribution is 0.706. The fourth-order valence-corrected chi connectivity index (χ4v) is 1.36. The molecule has 0 amide bonds. The van der Waals surface area contributed by atoms with Crippen LogP contribution in [0.4, 0.5) is 5.82 Å². The molecule has 78 valence electrons. The molecule has 0 aliphatic carbocycles. The molecule has 0 fully saturated rings. The van der Waals surface area contributed by atoms with Crippen LogP contribution in [0.25, 0.3) is 0 Å². The van der Waals surface area contributed by atoms with E-state index in [9.17, 15) is 0 Å². The molecule has 0 bridgehead atoms. The summed E-state index contributed by atoms with van der Waals surface area (Å²) in [7, 11) is 0. The Morgan fingerprint density at radius 3 is 2.93 bits per heavy atom. The van der Waals surface area contributed by atoms with Crippen molar-refractivity contribution in [3.05, 3.63) is 23.4 Å².